The van der Waals surface area contributed by atoms with Crippen molar-refractivity contribution < 1.29 is 19.2 Å². The summed E-state index contributed by atoms with van der Waals surface area (Å²) >= 11 is 0. The largest absolute Gasteiger partial charge is 0.563 e. The molecule has 0 atom stereocenters. The summed E-state index contributed by atoms with van der Waals surface area (Å²) in [6, 6.07) is 4.90. The number of carboxylic acid groups (broad SMARTS) is 1. The van der Waals surface area contributed by atoms with E-state index in [1.807, 2.05) is 20.8 Å². The van der Waals surface area contributed by atoms with Gasteiger partial charge in [0.1, 0.15) is 5.60 Å². The maximum atomic E-state index is 11.0. The van der Waals surface area contributed by atoms with E-state index >= 15 is 0 Å². The molecular weight excluding hydrogens is 231 g/mol. The van der Waals surface area contributed by atoms with E-state index in [9.17, 15) is 4.79 Å². The minimum absolute atomic E-state index is 0.220. The summed E-state index contributed by atoms with van der Waals surface area (Å²) in [5.74, 6) is -0.417. The van der Waals surface area contributed by atoms with Gasteiger partial charge >= 0.3 is 13.1 Å². The van der Waals surface area contributed by atoms with Gasteiger partial charge in [-0.25, -0.2) is 4.79 Å². The molecule has 1 aromatic rings. The number of rotatable bonds is 2. The summed E-state index contributed by atoms with van der Waals surface area (Å²) in [5.41, 5.74) is 1.31. The Labute approximate surface area is 106 Å². The quantitative estimate of drug-likeness (QED) is 0.807. The predicted octanol–water partition coefficient (Wildman–Crippen LogP) is 1.73. The van der Waals surface area contributed by atoms with Crippen LogP contribution in [-0.4, -0.2) is 23.8 Å². The molecule has 1 fully saturated rings. The van der Waals surface area contributed by atoms with E-state index < -0.39 is 18.7 Å². The molecule has 2 rings (SSSR count). The third-order valence-corrected chi connectivity index (χ3v) is 3.10. The molecule has 0 spiro atoms. The zero-order valence-corrected chi connectivity index (χ0v) is 10.7. The van der Waals surface area contributed by atoms with Crippen LogP contribution < -0.4 is 5.46 Å². The molecule has 1 aromatic carbocycles. The van der Waals surface area contributed by atoms with Crippen molar-refractivity contribution in [1.29, 1.82) is 0 Å². The summed E-state index contributed by atoms with van der Waals surface area (Å²) in [4.78, 5) is 11.0. The molecule has 18 heavy (non-hydrogen) atoms. The number of hydrogen-bond acceptors (Lipinski definition) is 3. The van der Waals surface area contributed by atoms with Crippen molar-refractivity contribution in [3.05, 3.63) is 41.7 Å². The molecule has 0 bridgehead atoms. The SMILES string of the molecule is C=C1OB(c2cc(C(=O)O)ccc2C)OC1(C)C. The van der Waals surface area contributed by atoms with Crippen molar-refractivity contribution in [2.45, 2.75) is 26.4 Å². The van der Waals surface area contributed by atoms with E-state index in [1.54, 1.807) is 18.2 Å². The first-order valence-electron chi connectivity index (χ1n) is 5.69. The zero-order valence-electron chi connectivity index (χ0n) is 10.7. The second kappa shape index (κ2) is 4.17. The maximum Gasteiger partial charge on any atom is 0.563 e. The summed E-state index contributed by atoms with van der Waals surface area (Å²) in [7, 11) is -0.591. The van der Waals surface area contributed by atoms with Gasteiger partial charge in [0.15, 0.2) is 0 Å². The fourth-order valence-corrected chi connectivity index (χ4v) is 1.78. The third-order valence-electron chi connectivity index (χ3n) is 3.10. The fourth-order valence-electron chi connectivity index (χ4n) is 1.78. The van der Waals surface area contributed by atoms with Crippen LogP contribution in [0.5, 0.6) is 0 Å². The van der Waals surface area contributed by atoms with Gasteiger partial charge in [-0.15, -0.1) is 0 Å². The van der Waals surface area contributed by atoms with Crippen LogP contribution in [-0.2, 0) is 9.31 Å². The van der Waals surface area contributed by atoms with Crippen LogP contribution in [0.4, 0.5) is 0 Å². The smallest absolute Gasteiger partial charge is 0.534 e. The van der Waals surface area contributed by atoms with Crippen molar-refractivity contribution >= 4 is 18.6 Å². The molecular formula is C13H15BO4. The topological polar surface area (TPSA) is 55.8 Å². The Morgan fingerprint density at radius 3 is 2.61 bits per heavy atom. The molecule has 5 heteroatoms. The molecule has 1 aliphatic heterocycles. The van der Waals surface area contributed by atoms with Crippen molar-refractivity contribution in [2.75, 3.05) is 0 Å². The van der Waals surface area contributed by atoms with Gasteiger partial charge in [0, 0.05) is 5.46 Å². The Bertz CT molecular complexity index is 522. The monoisotopic (exact) mass is 246 g/mol. The molecule has 4 nitrogen and oxygen atoms in total. The van der Waals surface area contributed by atoms with Gasteiger partial charge in [-0.3, -0.25) is 0 Å². The van der Waals surface area contributed by atoms with Crippen molar-refractivity contribution in [2.24, 2.45) is 0 Å². The van der Waals surface area contributed by atoms with E-state index in [0.717, 1.165) is 11.0 Å². The van der Waals surface area contributed by atoms with E-state index in [4.69, 9.17) is 14.4 Å². The summed E-state index contributed by atoms with van der Waals surface area (Å²) < 4.78 is 11.3. The van der Waals surface area contributed by atoms with E-state index in [0.29, 0.717) is 5.76 Å². The van der Waals surface area contributed by atoms with E-state index in [-0.39, 0.29) is 5.56 Å². The highest BCUT2D eigenvalue weighted by Gasteiger charge is 2.43. The zero-order chi connectivity index (χ0) is 13.5. The fraction of sp³-hybridized carbons (Fsp3) is 0.308. The second-order valence-corrected chi connectivity index (χ2v) is 4.88. The van der Waals surface area contributed by atoms with Crippen LogP contribution in [0.25, 0.3) is 0 Å². The first-order chi connectivity index (χ1) is 8.31. The van der Waals surface area contributed by atoms with Gasteiger partial charge in [0.05, 0.1) is 11.3 Å². The molecule has 0 radical (unpaired) electrons. The Hall–Kier alpha value is -1.75. The summed E-state index contributed by atoms with van der Waals surface area (Å²) in [6.45, 7) is 9.43. The van der Waals surface area contributed by atoms with Gasteiger partial charge in [-0.1, -0.05) is 18.2 Å². The number of aryl methyl sites for hydroxylation is 1. The molecule has 1 aliphatic rings. The van der Waals surface area contributed by atoms with Crippen molar-refractivity contribution in [3.63, 3.8) is 0 Å². The highest BCUT2D eigenvalue weighted by molar-refractivity contribution is 6.63. The molecule has 0 saturated carbocycles. The van der Waals surface area contributed by atoms with E-state index in [2.05, 4.69) is 6.58 Å². The summed E-state index contributed by atoms with van der Waals surface area (Å²) in [5, 5.41) is 9.00. The molecule has 0 unspecified atom stereocenters. The Kier molecular flexibility index (Phi) is 2.95. The minimum atomic E-state index is -0.965. The van der Waals surface area contributed by atoms with Crippen LogP contribution >= 0.6 is 0 Å². The summed E-state index contributed by atoms with van der Waals surface area (Å²) in [6.07, 6.45) is 0. The van der Waals surface area contributed by atoms with Crippen LogP contribution in [0.2, 0.25) is 0 Å². The second-order valence-electron chi connectivity index (χ2n) is 4.88. The number of aromatic carboxylic acids is 1. The Morgan fingerprint density at radius 1 is 1.44 bits per heavy atom. The third kappa shape index (κ3) is 2.13. The normalized spacial score (nSPS) is 17.7. The highest BCUT2D eigenvalue weighted by Crippen LogP contribution is 2.29. The van der Waals surface area contributed by atoms with E-state index in [1.165, 1.54) is 0 Å². The average Bonchev–Trinajstić information content (AvgIpc) is 2.53. The molecule has 0 amide bonds. The molecule has 1 N–H and O–H groups in total. The highest BCUT2D eigenvalue weighted by atomic mass is 16.7. The van der Waals surface area contributed by atoms with Crippen molar-refractivity contribution in [3.8, 4) is 0 Å². The first-order valence-corrected chi connectivity index (χ1v) is 5.69. The number of carboxylic acids is 1. The lowest BCUT2D eigenvalue weighted by atomic mass is 9.75. The lowest BCUT2D eigenvalue weighted by Gasteiger charge is -2.15. The van der Waals surface area contributed by atoms with Crippen LogP contribution in [0.1, 0.15) is 29.8 Å². The molecule has 0 aromatic heterocycles. The van der Waals surface area contributed by atoms with Gasteiger partial charge in [-0.05, 0) is 32.9 Å². The minimum Gasteiger partial charge on any atom is -0.534 e. The van der Waals surface area contributed by atoms with Crippen LogP contribution in [0.15, 0.2) is 30.5 Å². The lowest BCUT2D eigenvalue weighted by molar-refractivity contribution is 0.0697. The first kappa shape index (κ1) is 12.7. The lowest BCUT2D eigenvalue weighted by Crippen LogP contribution is -2.36. The van der Waals surface area contributed by atoms with Crippen molar-refractivity contribution in [1.82, 2.24) is 0 Å². The molecule has 1 heterocycles. The maximum absolute atomic E-state index is 11.0. The predicted molar refractivity (Wildman–Crippen MR) is 68.9 cm³/mol. The van der Waals surface area contributed by atoms with Gasteiger partial charge in [0.2, 0.25) is 0 Å². The Balaban J connectivity index is 2.37. The average molecular weight is 246 g/mol. The molecule has 94 valence electrons. The number of benzene rings is 1. The molecule has 0 aliphatic carbocycles. The van der Waals surface area contributed by atoms with Gasteiger partial charge < -0.3 is 14.4 Å². The van der Waals surface area contributed by atoms with Crippen LogP contribution in [0.3, 0.4) is 0 Å². The van der Waals surface area contributed by atoms with Crippen LogP contribution in [0, 0.1) is 6.92 Å². The Morgan fingerprint density at radius 2 is 2.11 bits per heavy atom. The van der Waals surface area contributed by atoms with Gasteiger partial charge in [-0.2, -0.15) is 0 Å². The van der Waals surface area contributed by atoms with Gasteiger partial charge in [0.25, 0.3) is 0 Å². The number of hydrogen-bond donors (Lipinski definition) is 1. The number of carbonyl (C=O) groups is 1. The molecule has 1 saturated heterocycles. The standard InChI is InChI=1S/C13H15BO4/c1-8-5-6-10(12(15)16)7-11(8)14-17-9(2)13(3,4)18-14/h5-7H,2H2,1,3-4H3,(H,15,16).